The minimum atomic E-state index is -3.85. The second kappa shape index (κ2) is 11.3. The van der Waals surface area contributed by atoms with Crippen LogP contribution in [0.15, 0.2) is 77.7 Å². The normalized spacial score (nSPS) is 14.4. The van der Waals surface area contributed by atoms with Crippen molar-refractivity contribution < 1.29 is 22.7 Å². The van der Waals surface area contributed by atoms with Gasteiger partial charge in [0.05, 0.1) is 29.7 Å². The number of hydrogen-bond acceptors (Lipinski definition) is 6. The third-order valence-corrected chi connectivity index (χ3v) is 10.2. The van der Waals surface area contributed by atoms with Crippen molar-refractivity contribution in [2.45, 2.75) is 24.2 Å². The van der Waals surface area contributed by atoms with Gasteiger partial charge in [0.25, 0.3) is 15.9 Å². The molecule has 1 aliphatic heterocycles. The smallest absolute Gasteiger partial charge is 0.264 e. The van der Waals surface area contributed by atoms with Crippen molar-refractivity contribution in [2.24, 2.45) is 5.92 Å². The number of nitrogens with zero attached hydrogens (tertiary/aromatic N) is 2. The van der Waals surface area contributed by atoms with Gasteiger partial charge in [-0.05, 0) is 72.5 Å². The largest absolute Gasteiger partial charge is 0.493 e. The second-order valence-corrected chi connectivity index (χ2v) is 12.8. The fourth-order valence-corrected chi connectivity index (χ4v) is 7.26. The Morgan fingerprint density at radius 2 is 1.67 bits per heavy atom. The molecule has 3 aromatic carbocycles. The fourth-order valence-electron chi connectivity index (χ4n) is 5.05. The number of piperidine rings is 1. The summed E-state index contributed by atoms with van der Waals surface area (Å²) in [4.78, 5) is 16.0. The van der Waals surface area contributed by atoms with E-state index in [1.165, 1.54) is 54.6 Å². The first-order valence-electron chi connectivity index (χ1n) is 12.9. The summed E-state index contributed by atoms with van der Waals surface area (Å²) in [7, 11) is 0.640. The number of hydrogen-bond donors (Lipinski definition) is 0. The molecule has 1 amide bonds. The molecule has 0 bridgehead atoms. The second-order valence-electron chi connectivity index (χ2n) is 9.75. The first-order valence-corrected chi connectivity index (χ1v) is 15.1. The minimum Gasteiger partial charge on any atom is -0.493 e. The number of fused-ring (bicyclic) bond motifs is 1. The molecule has 0 spiro atoms. The first kappa shape index (κ1) is 27.0. The van der Waals surface area contributed by atoms with Crippen LogP contribution in [0, 0.1) is 5.92 Å². The number of carbonyl (C=O) groups excluding carboxylic acids is 1. The molecule has 1 aromatic heterocycles. The van der Waals surface area contributed by atoms with Gasteiger partial charge >= 0.3 is 0 Å². The van der Waals surface area contributed by atoms with Crippen molar-refractivity contribution in [3.63, 3.8) is 0 Å². The van der Waals surface area contributed by atoms with Crippen molar-refractivity contribution in [1.29, 1.82) is 0 Å². The maximum absolute atomic E-state index is 13.4. The zero-order chi connectivity index (χ0) is 27.6. The molecule has 1 fully saturated rings. The predicted octanol–water partition coefficient (Wildman–Crippen LogP) is 5.84. The number of rotatable bonds is 8. The van der Waals surface area contributed by atoms with E-state index in [4.69, 9.17) is 9.47 Å². The van der Waals surface area contributed by atoms with Gasteiger partial charge in [0.15, 0.2) is 11.5 Å². The molecule has 39 heavy (non-hydrogen) atoms. The topological polar surface area (TPSA) is 76.2 Å². The number of amides is 1. The molecular formula is C30H32N2O5S2. The van der Waals surface area contributed by atoms with Gasteiger partial charge in [0.1, 0.15) is 0 Å². The lowest BCUT2D eigenvalue weighted by molar-refractivity contribution is 0.0695. The van der Waals surface area contributed by atoms with Crippen LogP contribution < -0.4 is 13.8 Å². The molecule has 5 rings (SSSR count). The van der Waals surface area contributed by atoms with E-state index < -0.39 is 10.0 Å². The predicted molar refractivity (Wildman–Crippen MR) is 156 cm³/mol. The van der Waals surface area contributed by atoms with Crippen molar-refractivity contribution in [1.82, 2.24) is 4.90 Å². The highest BCUT2D eigenvalue weighted by Gasteiger charge is 2.26. The molecule has 4 aromatic rings. The summed E-state index contributed by atoms with van der Waals surface area (Å²) >= 11 is 1.45. The molecule has 0 unspecified atom stereocenters. The fraction of sp³-hybridized carbons (Fsp3) is 0.300. The van der Waals surface area contributed by atoms with Crippen LogP contribution in [0.4, 0.5) is 5.69 Å². The Kier molecular flexibility index (Phi) is 7.81. The molecule has 0 saturated carbocycles. The van der Waals surface area contributed by atoms with E-state index in [1.54, 1.807) is 12.1 Å². The van der Waals surface area contributed by atoms with Crippen LogP contribution in [0.1, 0.15) is 28.1 Å². The molecule has 7 nitrogen and oxygen atoms in total. The summed E-state index contributed by atoms with van der Waals surface area (Å²) < 4.78 is 39.4. The molecular weight excluding hydrogens is 532 g/mol. The van der Waals surface area contributed by atoms with Crippen molar-refractivity contribution in [3.05, 3.63) is 83.2 Å². The van der Waals surface area contributed by atoms with Gasteiger partial charge in [0.2, 0.25) is 0 Å². The van der Waals surface area contributed by atoms with Gasteiger partial charge < -0.3 is 14.4 Å². The summed E-state index contributed by atoms with van der Waals surface area (Å²) in [5, 5.41) is 0.842. The van der Waals surface area contributed by atoms with Crippen molar-refractivity contribution in [2.75, 3.05) is 38.7 Å². The number of ether oxygens (including phenoxy) is 2. The van der Waals surface area contributed by atoms with Crippen LogP contribution in [-0.4, -0.2) is 53.6 Å². The molecule has 0 aliphatic carbocycles. The monoisotopic (exact) mass is 564 g/mol. The van der Waals surface area contributed by atoms with E-state index in [0.29, 0.717) is 28.0 Å². The Morgan fingerprint density at radius 3 is 2.36 bits per heavy atom. The van der Waals surface area contributed by atoms with Crippen LogP contribution in [-0.2, 0) is 16.4 Å². The first-order chi connectivity index (χ1) is 18.8. The van der Waals surface area contributed by atoms with E-state index >= 15 is 0 Å². The average molecular weight is 565 g/mol. The van der Waals surface area contributed by atoms with E-state index in [9.17, 15) is 13.2 Å². The summed E-state index contributed by atoms with van der Waals surface area (Å²) in [6.45, 7) is 1.50. The van der Waals surface area contributed by atoms with E-state index in [0.717, 1.165) is 42.4 Å². The molecule has 0 atom stereocenters. The lowest BCUT2D eigenvalue weighted by atomic mass is 9.90. The highest BCUT2D eigenvalue weighted by atomic mass is 32.2. The number of benzene rings is 3. The van der Waals surface area contributed by atoms with E-state index in [2.05, 4.69) is 24.3 Å². The lowest BCUT2D eigenvalue weighted by Crippen LogP contribution is -2.38. The molecule has 0 N–H and O–H groups in total. The Labute approximate surface area is 233 Å². The number of likely N-dealkylation sites (tertiary alicyclic amines) is 1. The third-order valence-electron chi connectivity index (χ3n) is 7.36. The summed E-state index contributed by atoms with van der Waals surface area (Å²) in [6, 6.07) is 22.4. The summed E-state index contributed by atoms with van der Waals surface area (Å²) in [5.74, 6) is 1.43. The van der Waals surface area contributed by atoms with Gasteiger partial charge in [-0.25, -0.2) is 8.42 Å². The highest BCUT2D eigenvalue weighted by Crippen LogP contribution is 2.34. The summed E-state index contributed by atoms with van der Waals surface area (Å²) in [6.07, 6.45) is 3.04. The molecule has 1 saturated heterocycles. The Morgan fingerprint density at radius 1 is 0.949 bits per heavy atom. The van der Waals surface area contributed by atoms with Gasteiger partial charge in [-0.2, -0.15) is 0 Å². The Bertz CT molecular complexity index is 1580. The average Bonchev–Trinajstić information content (AvgIpc) is 3.40. The van der Waals surface area contributed by atoms with Crippen LogP contribution in [0.25, 0.3) is 10.1 Å². The Balaban J connectivity index is 1.29. The number of carbonyl (C=O) groups is 1. The maximum Gasteiger partial charge on any atom is 0.264 e. The zero-order valence-corrected chi connectivity index (χ0v) is 23.9. The van der Waals surface area contributed by atoms with Crippen molar-refractivity contribution in [3.8, 4) is 11.5 Å². The number of anilines is 1. The molecule has 0 radical (unpaired) electrons. The Hall–Kier alpha value is -3.56. The number of thiophene rings is 1. The maximum atomic E-state index is 13.4. The molecule has 204 valence electrons. The van der Waals surface area contributed by atoms with Crippen LogP contribution >= 0.6 is 11.3 Å². The lowest BCUT2D eigenvalue weighted by Gasteiger charge is -2.31. The SMILES string of the molecule is COc1ccc(S(=O)(=O)N(C)c2ccc3sc(C(=O)N4CCC(Cc5ccccc5)CC4)cc3c2)cc1OC. The standard InChI is InChI=1S/C30H32N2O5S2/c1-31(39(34,35)25-10-11-26(36-2)27(20-25)37-3)24-9-12-28-23(18-24)19-29(38-28)30(33)32-15-13-22(14-16-32)17-21-7-5-4-6-8-21/h4-12,18-20,22H,13-17H2,1-3H3. The number of sulfonamides is 1. The number of methoxy groups -OCH3 is 2. The molecule has 1 aliphatic rings. The zero-order valence-electron chi connectivity index (χ0n) is 22.3. The molecule has 9 heteroatoms. The van der Waals surface area contributed by atoms with Crippen LogP contribution in [0.3, 0.4) is 0 Å². The van der Waals surface area contributed by atoms with E-state index in [1.807, 2.05) is 29.2 Å². The molecule has 2 heterocycles. The third kappa shape index (κ3) is 5.60. The van der Waals surface area contributed by atoms with Gasteiger partial charge in [-0.15, -0.1) is 11.3 Å². The van der Waals surface area contributed by atoms with Crippen LogP contribution in [0.2, 0.25) is 0 Å². The minimum absolute atomic E-state index is 0.0437. The van der Waals surface area contributed by atoms with Crippen molar-refractivity contribution >= 4 is 43.0 Å². The summed E-state index contributed by atoms with van der Waals surface area (Å²) in [5.41, 5.74) is 1.86. The van der Waals surface area contributed by atoms with Crippen LogP contribution in [0.5, 0.6) is 11.5 Å². The van der Waals surface area contributed by atoms with Gasteiger partial charge in [-0.1, -0.05) is 30.3 Å². The van der Waals surface area contributed by atoms with Gasteiger partial charge in [0, 0.05) is 30.9 Å². The van der Waals surface area contributed by atoms with Gasteiger partial charge in [-0.3, -0.25) is 9.10 Å². The quantitative estimate of drug-likeness (QED) is 0.269. The van der Waals surface area contributed by atoms with E-state index in [-0.39, 0.29) is 10.8 Å². The highest BCUT2D eigenvalue weighted by molar-refractivity contribution is 7.92.